The molecule has 19 heavy (non-hydrogen) atoms. The van der Waals surface area contributed by atoms with Crippen molar-refractivity contribution in [3.63, 3.8) is 0 Å². The molecule has 2 heterocycles. The Bertz CT molecular complexity index is 539. The van der Waals surface area contributed by atoms with Crippen molar-refractivity contribution in [3.05, 3.63) is 52.7 Å². The normalized spacial score (nSPS) is 18.5. The van der Waals surface area contributed by atoms with Crippen LogP contribution in [0.2, 0.25) is 0 Å². The molecule has 1 saturated heterocycles. The zero-order valence-corrected chi connectivity index (χ0v) is 12.7. The van der Waals surface area contributed by atoms with E-state index in [1.807, 2.05) is 42.1 Å². The molecule has 98 valence electrons. The molecule has 1 aliphatic rings. The average molecular weight is 306 g/mol. The van der Waals surface area contributed by atoms with E-state index in [0.29, 0.717) is 5.37 Å². The van der Waals surface area contributed by atoms with Crippen LogP contribution in [0.3, 0.4) is 0 Å². The maximum Gasteiger partial charge on any atom is 0.174 e. The number of para-hydroxylation sites is 1. The van der Waals surface area contributed by atoms with Gasteiger partial charge >= 0.3 is 0 Å². The Morgan fingerprint density at radius 1 is 1.21 bits per heavy atom. The Morgan fingerprint density at radius 2 is 2.05 bits per heavy atom. The standard InChI is InChI=1S/C14H14N2S3/c17-14(15-11-5-2-1-3-6-11)16-8-10-19-13(16)12-7-4-9-18-12/h1-7,9,13H,8,10H2,(H,15,17)/t13-/m0/s1. The first-order valence-electron chi connectivity index (χ1n) is 6.12. The summed E-state index contributed by atoms with van der Waals surface area (Å²) in [5.74, 6) is 1.12. The lowest BCUT2D eigenvalue weighted by atomic mass is 10.3. The summed E-state index contributed by atoms with van der Waals surface area (Å²) in [4.78, 5) is 3.65. The molecule has 1 aliphatic heterocycles. The van der Waals surface area contributed by atoms with Gasteiger partial charge in [0.1, 0.15) is 5.37 Å². The highest BCUT2D eigenvalue weighted by Crippen LogP contribution is 2.40. The summed E-state index contributed by atoms with van der Waals surface area (Å²) in [6.07, 6.45) is 0. The number of anilines is 1. The zero-order valence-electron chi connectivity index (χ0n) is 10.3. The van der Waals surface area contributed by atoms with Gasteiger partial charge in [-0.2, -0.15) is 0 Å². The molecule has 0 amide bonds. The van der Waals surface area contributed by atoms with Gasteiger partial charge in [0.05, 0.1) is 0 Å². The van der Waals surface area contributed by atoms with Crippen LogP contribution in [-0.2, 0) is 0 Å². The number of benzene rings is 1. The van der Waals surface area contributed by atoms with Gasteiger partial charge in [0, 0.05) is 22.9 Å². The van der Waals surface area contributed by atoms with E-state index in [9.17, 15) is 0 Å². The number of rotatable bonds is 2. The topological polar surface area (TPSA) is 15.3 Å². The zero-order chi connectivity index (χ0) is 13.1. The van der Waals surface area contributed by atoms with E-state index in [0.717, 1.165) is 23.1 Å². The number of thiophene rings is 1. The van der Waals surface area contributed by atoms with Gasteiger partial charge in [-0.15, -0.1) is 23.1 Å². The molecular weight excluding hydrogens is 292 g/mol. The summed E-state index contributed by atoms with van der Waals surface area (Å²) >= 11 is 9.31. The van der Waals surface area contributed by atoms with Crippen LogP contribution in [0.1, 0.15) is 10.3 Å². The number of nitrogens with zero attached hydrogens (tertiary/aromatic N) is 1. The first-order chi connectivity index (χ1) is 9.34. The number of nitrogens with one attached hydrogen (secondary N) is 1. The lowest BCUT2D eigenvalue weighted by Crippen LogP contribution is -2.33. The average Bonchev–Trinajstić information content (AvgIpc) is 3.10. The van der Waals surface area contributed by atoms with Crippen molar-refractivity contribution in [2.45, 2.75) is 5.37 Å². The van der Waals surface area contributed by atoms with Crippen LogP contribution in [0.5, 0.6) is 0 Å². The predicted molar refractivity (Wildman–Crippen MR) is 88.9 cm³/mol. The fourth-order valence-corrected chi connectivity index (χ4v) is 4.69. The first kappa shape index (κ1) is 13.0. The second-order valence-corrected chi connectivity index (χ2v) is 6.78. The molecule has 1 fully saturated rings. The number of thioether (sulfide) groups is 1. The van der Waals surface area contributed by atoms with Crippen molar-refractivity contribution in [2.24, 2.45) is 0 Å². The predicted octanol–water partition coefficient (Wildman–Crippen LogP) is 4.19. The van der Waals surface area contributed by atoms with Crippen LogP contribution < -0.4 is 5.32 Å². The Morgan fingerprint density at radius 3 is 2.79 bits per heavy atom. The van der Waals surface area contributed by atoms with Crippen LogP contribution in [0.4, 0.5) is 5.69 Å². The molecule has 0 bridgehead atoms. The van der Waals surface area contributed by atoms with Crippen molar-refractivity contribution in [1.29, 1.82) is 0 Å². The lowest BCUT2D eigenvalue weighted by Gasteiger charge is -2.26. The van der Waals surface area contributed by atoms with Crippen LogP contribution in [0.15, 0.2) is 47.8 Å². The highest BCUT2D eigenvalue weighted by Gasteiger charge is 2.29. The molecule has 1 aromatic heterocycles. The number of thiocarbonyl (C=S) groups is 1. The third-order valence-corrected chi connectivity index (χ3v) is 5.62. The van der Waals surface area contributed by atoms with Crippen LogP contribution >= 0.6 is 35.3 Å². The molecule has 0 aliphatic carbocycles. The van der Waals surface area contributed by atoms with E-state index >= 15 is 0 Å². The van der Waals surface area contributed by atoms with Gasteiger partial charge in [-0.05, 0) is 35.8 Å². The van der Waals surface area contributed by atoms with E-state index in [1.165, 1.54) is 4.88 Å². The molecule has 0 saturated carbocycles. The highest BCUT2D eigenvalue weighted by molar-refractivity contribution is 7.99. The minimum Gasteiger partial charge on any atom is -0.333 e. The van der Waals surface area contributed by atoms with Crippen molar-refractivity contribution in [2.75, 3.05) is 17.6 Å². The number of hydrogen-bond acceptors (Lipinski definition) is 3. The Hall–Kier alpha value is -1.04. The smallest absolute Gasteiger partial charge is 0.174 e. The Kier molecular flexibility index (Phi) is 4.06. The second kappa shape index (κ2) is 5.94. The molecule has 3 rings (SSSR count). The third-order valence-electron chi connectivity index (χ3n) is 2.96. The van der Waals surface area contributed by atoms with Gasteiger partial charge < -0.3 is 10.2 Å². The highest BCUT2D eigenvalue weighted by atomic mass is 32.2. The van der Waals surface area contributed by atoms with E-state index in [-0.39, 0.29) is 0 Å². The molecule has 0 radical (unpaired) electrons. The fourth-order valence-electron chi connectivity index (χ4n) is 2.06. The first-order valence-corrected chi connectivity index (χ1v) is 8.46. The molecule has 1 atom stereocenters. The van der Waals surface area contributed by atoms with E-state index in [4.69, 9.17) is 12.2 Å². The van der Waals surface area contributed by atoms with Crippen LogP contribution in [0, 0.1) is 0 Å². The number of hydrogen-bond donors (Lipinski definition) is 1. The fraction of sp³-hybridized carbons (Fsp3) is 0.214. The molecule has 2 aromatic rings. The Balaban J connectivity index is 1.72. The minimum atomic E-state index is 0.365. The van der Waals surface area contributed by atoms with Crippen LogP contribution in [0.25, 0.3) is 0 Å². The van der Waals surface area contributed by atoms with Crippen molar-refractivity contribution >= 4 is 46.1 Å². The lowest BCUT2D eigenvalue weighted by molar-refractivity contribution is 0.462. The van der Waals surface area contributed by atoms with Crippen molar-refractivity contribution < 1.29 is 0 Å². The molecule has 5 heteroatoms. The van der Waals surface area contributed by atoms with Crippen molar-refractivity contribution in [1.82, 2.24) is 4.90 Å². The summed E-state index contributed by atoms with van der Waals surface area (Å²) in [6, 6.07) is 14.4. The van der Waals surface area contributed by atoms with Crippen LogP contribution in [-0.4, -0.2) is 22.3 Å². The maximum absolute atomic E-state index is 5.55. The van der Waals surface area contributed by atoms with E-state index in [2.05, 4.69) is 27.7 Å². The SMILES string of the molecule is S=C(Nc1ccccc1)N1CCS[C@H]1c1cccs1. The summed E-state index contributed by atoms with van der Waals surface area (Å²) in [5.41, 5.74) is 1.05. The largest absolute Gasteiger partial charge is 0.333 e. The monoisotopic (exact) mass is 306 g/mol. The van der Waals surface area contributed by atoms with Gasteiger partial charge in [-0.1, -0.05) is 24.3 Å². The second-order valence-electron chi connectivity index (χ2n) is 4.23. The summed E-state index contributed by atoms with van der Waals surface area (Å²) < 4.78 is 0. The molecule has 2 nitrogen and oxygen atoms in total. The van der Waals surface area contributed by atoms with Gasteiger partial charge in [-0.3, -0.25) is 0 Å². The van der Waals surface area contributed by atoms with E-state index in [1.54, 1.807) is 11.3 Å². The molecular formula is C14H14N2S3. The molecule has 0 unspecified atom stereocenters. The van der Waals surface area contributed by atoms with Gasteiger partial charge in [-0.25, -0.2) is 0 Å². The van der Waals surface area contributed by atoms with E-state index < -0.39 is 0 Å². The summed E-state index contributed by atoms with van der Waals surface area (Å²) in [7, 11) is 0. The molecule has 0 spiro atoms. The molecule has 1 N–H and O–H groups in total. The third kappa shape index (κ3) is 2.94. The minimum absolute atomic E-state index is 0.365. The van der Waals surface area contributed by atoms with Gasteiger partial charge in [0.2, 0.25) is 0 Å². The summed E-state index contributed by atoms with van der Waals surface area (Å²) in [5, 5.41) is 6.63. The molecule has 1 aromatic carbocycles. The van der Waals surface area contributed by atoms with Gasteiger partial charge in [0.25, 0.3) is 0 Å². The maximum atomic E-state index is 5.55. The Labute approximate surface area is 126 Å². The summed E-state index contributed by atoms with van der Waals surface area (Å²) in [6.45, 7) is 1.01. The van der Waals surface area contributed by atoms with Gasteiger partial charge in [0.15, 0.2) is 5.11 Å². The van der Waals surface area contributed by atoms with Crippen molar-refractivity contribution in [3.8, 4) is 0 Å². The quantitative estimate of drug-likeness (QED) is 0.836.